The largest absolute Gasteiger partial charge is 0.357 e. The normalized spacial score (nSPS) is 14.1. The van der Waals surface area contributed by atoms with Crippen molar-refractivity contribution in [3.05, 3.63) is 59.5 Å². The minimum Gasteiger partial charge on any atom is -0.357 e. The third-order valence-electron chi connectivity index (χ3n) is 4.59. The van der Waals surface area contributed by atoms with Crippen LogP contribution in [0.3, 0.4) is 0 Å². The van der Waals surface area contributed by atoms with Crippen LogP contribution in [0.4, 0.5) is 5.82 Å². The van der Waals surface area contributed by atoms with Gasteiger partial charge in [-0.3, -0.25) is 9.78 Å². The molecule has 1 N–H and O–H groups in total. The van der Waals surface area contributed by atoms with Crippen molar-refractivity contribution in [1.29, 1.82) is 0 Å². The van der Waals surface area contributed by atoms with Crippen molar-refractivity contribution in [2.24, 2.45) is 0 Å². The Hall–Kier alpha value is -2.80. The molecule has 0 unspecified atom stereocenters. The standard InChI is InChI=1S/C20H21N5OS/c26-19(23-13-15-5-4-7-21-12-15)17-14-27-20(24-17)16-6-8-22-18(11-16)25-9-2-1-3-10-25/h4-8,11-12,14H,1-3,9-10,13H2,(H,23,26). The maximum atomic E-state index is 12.4. The van der Waals surface area contributed by atoms with Gasteiger partial charge in [0.05, 0.1) is 0 Å². The third-order valence-corrected chi connectivity index (χ3v) is 5.48. The number of aromatic nitrogens is 3. The molecule has 0 aromatic carbocycles. The summed E-state index contributed by atoms with van der Waals surface area (Å²) >= 11 is 1.48. The average Bonchev–Trinajstić information content (AvgIpc) is 3.24. The predicted octanol–water partition coefficient (Wildman–Crippen LogP) is 3.52. The van der Waals surface area contributed by atoms with E-state index in [2.05, 4.69) is 31.2 Å². The van der Waals surface area contributed by atoms with Gasteiger partial charge in [0.25, 0.3) is 5.91 Å². The summed E-state index contributed by atoms with van der Waals surface area (Å²) in [5.74, 6) is 0.816. The minimum atomic E-state index is -0.174. The molecule has 6 nitrogen and oxygen atoms in total. The van der Waals surface area contributed by atoms with Crippen molar-refractivity contribution >= 4 is 23.1 Å². The highest BCUT2D eigenvalue weighted by Gasteiger charge is 2.15. The summed E-state index contributed by atoms with van der Waals surface area (Å²) in [4.78, 5) is 27.8. The first-order valence-corrected chi connectivity index (χ1v) is 10.0. The zero-order chi connectivity index (χ0) is 18.5. The first kappa shape index (κ1) is 17.6. The smallest absolute Gasteiger partial charge is 0.271 e. The Morgan fingerprint density at radius 3 is 2.89 bits per heavy atom. The number of rotatable bonds is 5. The Morgan fingerprint density at radius 2 is 2.07 bits per heavy atom. The van der Waals surface area contributed by atoms with Gasteiger partial charge in [0.2, 0.25) is 0 Å². The number of hydrogen-bond donors (Lipinski definition) is 1. The van der Waals surface area contributed by atoms with Crippen LogP contribution in [0.1, 0.15) is 35.3 Å². The second-order valence-corrected chi connectivity index (χ2v) is 7.39. The second kappa shape index (κ2) is 8.26. The maximum absolute atomic E-state index is 12.4. The average molecular weight is 379 g/mol. The van der Waals surface area contributed by atoms with Gasteiger partial charge < -0.3 is 10.2 Å². The summed E-state index contributed by atoms with van der Waals surface area (Å²) < 4.78 is 0. The Balaban J connectivity index is 1.45. The van der Waals surface area contributed by atoms with Crippen molar-refractivity contribution < 1.29 is 4.79 Å². The highest BCUT2D eigenvalue weighted by atomic mass is 32.1. The molecule has 4 rings (SSSR count). The van der Waals surface area contributed by atoms with E-state index in [1.807, 2.05) is 24.4 Å². The molecule has 1 amide bonds. The van der Waals surface area contributed by atoms with Gasteiger partial charge in [-0.25, -0.2) is 9.97 Å². The van der Waals surface area contributed by atoms with Crippen molar-refractivity contribution in [2.45, 2.75) is 25.8 Å². The van der Waals surface area contributed by atoms with Gasteiger partial charge in [0, 0.05) is 49.2 Å². The molecule has 1 fully saturated rings. The Kier molecular flexibility index (Phi) is 5.39. The molecule has 0 radical (unpaired) electrons. The molecule has 0 atom stereocenters. The quantitative estimate of drug-likeness (QED) is 0.734. The lowest BCUT2D eigenvalue weighted by atomic mass is 10.1. The van der Waals surface area contributed by atoms with Crippen LogP contribution in [0, 0.1) is 0 Å². The molecular formula is C20H21N5OS. The highest BCUT2D eigenvalue weighted by molar-refractivity contribution is 7.13. The maximum Gasteiger partial charge on any atom is 0.271 e. The number of piperidine rings is 1. The molecule has 1 aliphatic heterocycles. The zero-order valence-electron chi connectivity index (χ0n) is 15.0. The van der Waals surface area contributed by atoms with Crippen LogP contribution in [-0.2, 0) is 6.54 Å². The van der Waals surface area contributed by atoms with E-state index in [4.69, 9.17) is 0 Å². The van der Waals surface area contributed by atoms with E-state index < -0.39 is 0 Å². The summed E-state index contributed by atoms with van der Waals surface area (Å²) in [5, 5.41) is 5.52. The van der Waals surface area contributed by atoms with Gasteiger partial charge in [-0.1, -0.05) is 6.07 Å². The number of pyridine rings is 2. The number of carbonyl (C=O) groups excluding carboxylic acids is 1. The number of carbonyl (C=O) groups is 1. The highest BCUT2D eigenvalue weighted by Crippen LogP contribution is 2.27. The van der Waals surface area contributed by atoms with Gasteiger partial charge in [-0.15, -0.1) is 11.3 Å². The van der Waals surface area contributed by atoms with Crippen LogP contribution >= 0.6 is 11.3 Å². The van der Waals surface area contributed by atoms with Crippen LogP contribution in [0.2, 0.25) is 0 Å². The topological polar surface area (TPSA) is 71.0 Å². The summed E-state index contributed by atoms with van der Waals surface area (Å²) in [6.07, 6.45) is 8.99. The van der Waals surface area contributed by atoms with Crippen LogP contribution in [0.15, 0.2) is 48.2 Å². The van der Waals surface area contributed by atoms with Gasteiger partial charge >= 0.3 is 0 Å². The van der Waals surface area contributed by atoms with Crippen molar-refractivity contribution in [1.82, 2.24) is 20.3 Å². The van der Waals surface area contributed by atoms with Crippen LogP contribution in [-0.4, -0.2) is 33.9 Å². The fourth-order valence-electron chi connectivity index (χ4n) is 3.13. The molecule has 4 heterocycles. The number of hydrogen-bond acceptors (Lipinski definition) is 6. The summed E-state index contributed by atoms with van der Waals surface area (Å²) in [6.45, 7) is 2.54. The molecular weight excluding hydrogens is 358 g/mol. The summed E-state index contributed by atoms with van der Waals surface area (Å²) in [7, 11) is 0. The van der Waals surface area contributed by atoms with E-state index in [0.717, 1.165) is 35.0 Å². The molecule has 1 saturated heterocycles. The van der Waals surface area contributed by atoms with Crippen LogP contribution in [0.25, 0.3) is 10.6 Å². The molecule has 0 spiro atoms. The number of nitrogens with one attached hydrogen (secondary N) is 1. The fraction of sp³-hybridized carbons (Fsp3) is 0.300. The lowest BCUT2D eigenvalue weighted by Crippen LogP contribution is -2.30. The lowest BCUT2D eigenvalue weighted by Gasteiger charge is -2.27. The SMILES string of the molecule is O=C(NCc1cccnc1)c1csc(-c2ccnc(N3CCCCC3)c2)n1. The van der Waals surface area contributed by atoms with E-state index in [-0.39, 0.29) is 5.91 Å². The van der Waals surface area contributed by atoms with E-state index in [0.29, 0.717) is 12.2 Å². The van der Waals surface area contributed by atoms with Crippen molar-refractivity contribution in [2.75, 3.05) is 18.0 Å². The molecule has 138 valence electrons. The van der Waals surface area contributed by atoms with Gasteiger partial charge in [-0.05, 0) is 43.0 Å². The Morgan fingerprint density at radius 1 is 1.19 bits per heavy atom. The van der Waals surface area contributed by atoms with E-state index in [9.17, 15) is 4.79 Å². The van der Waals surface area contributed by atoms with Crippen LogP contribution in [0.5, 0.6) is 0 Å². The summed E-state index contributed by atoms with van der Waals surface area (Å²) in [5.41, 5.74) is 2.40. The monoisotopic (exact) mass is 379 g/mol. The molecule has 1 aliphatic rings. The second-order valence-electron chi connectivity index (χ2n) is 6.53. The number of nitrogens with zero attached hydrogens (tertiary/aromatic N) is 4. The number of thiazole rings is 1. The first-order chi connectivity index (χ1) is 13.3. The van der Waals surface area contributed by atoms with Crippen molar-refractivity contribution in [3.63, 3.8) is 0 Å². The molecule has 7 heteroatoms. The number of amides is 1. The van der Waals surface area contributed by atoms with E-state index >= 15 is 0 Å². The first-order valence-electron chi connectivity index (χ1n) is 9.13. The molecule has 27 heavy (non-hydrogen) atoms. The molecule has 0 aliphatic carbocycles. The number of anilines is 1. The molecule has 0 bridgehead atoms. The molecule has 0 saturated carbocycles. The van der Waals surface area contributed by atoms with Crippen molar-refractivity contribution in [3.8, 4) is 10.6 Å². The molecule has 3 aromatic heterocycles. The van der Waals surface area contributed by atoms with E-state index in [1.54, 1.807) is 17.8 Å². The zero-order valence-corrected chi connectivity index (χ0v) is 15.8. The van der Waals surface area contributed by atoms with Crippen LogP contribution < -0.4 is 10.2 Å². The predicted molar refractivity (Wildman–Crippen MR) is 107 cm³/mol. The summed E-state index contributed by atoms with van der Waals surface area (Å²) in [6, 6.07) is 7.80. The van der Waals surface area contributed by atoms with Gasteiger partial charge in [0.1, 0.15) is 16.5 Å². The molecule has 3 aromatic rings. The third kappa shape index (κ3) is 4.31. The Bertz CT molecular complexity index is 906. The minimum absolute atomic E-state index is 0.174. The Labute approximate surface area is 162 Å². The lowest BCUT2D eigenvalue weighted by molar-refractivity contribution is 0.0946. The van der Waals surface area contributed by atoms with E-state index in [1.165, 1.54) is 30.6 Å². The fourth-order valence-corrected chi connectivity index (χ4v) is 3.93. The van der Waals surface area contributed by atoms with Gasteiger partial charge in [0.15, 0.2) is 0 Å². The van der Waals surface area contributed by atoms with Gasteiger partial charge in [-0.2, -0.15) is 0 Å².